The first-order valence-electron chi connectivity index (χ1n) is 9.09. The van der Waals surface area contributed by atoms with Gasteiger partial charge in [-0.3, -0.25) is 4.90 Å². The molecule has 1 fully saturated rings. The van der Waals surface area contributed by atoms with E-state index in [0.717, 1.165) is 25.3 Å². The average molecular weight is 355 g/mol. The summed E-state index contributed by atoms with van der Waals surface area (Å²) in [5.41, 5.74) is 1.24. The second kappa shape index (κ2) is 9.20. The largest absolute Gasteiger partial charge is 0.492 e. The zero-order valence-corrected chi connectivity index (χ0v) is 14.9. The normalized spacial score (nSPS) is 14.3. The van der Waals surface area contributed by atoms with E-state index in [4.69, 9.17) is 9.84 Å². The molecule has 1 saturated heterocycles. The molecule has 1 aliphatic heterocycles. The lowest BCUT2D eigenvalue weighted by atomic mass is 10.1. The number of carbonyl (C=O) groups is 1. The van der Waals surface area contributed by atoms with Crippen molar-refractivity contribution in [2.24, 2.45) is 0 Å². The van der Waals surface area contributed by atoms with E-state index in [0.29, 0.717) is 12.4 Å². The van der Waals surface area contributed by atoms with Crippen LogP contribution in [0.5, 0.6) is 5.75 Å². The summed E-state index contributed by atoms with van der Waals surface area (Å²) in [7, 11) is 0. The summed E-state index contributed by atoms with van der Waals surface area (Å²) in [5, 5.41) is 12.1. The topological polar surface area (TPSA) is 74.7 Å². The molecule has 2 heterocycles. The van der Waals surface area contributed by atoms with Crippen molar-refractivity contribution in [3.63, 3.8) is 0 Å². The summed E-state index contributed by atoms with van der Waals surface area (Å²) in [6.07, 6.45) is 3.44. The molecule has 1 aliphatic rings. The maximum absolute atomic E-state index is 10.9. The predicted octanol–water partition coefficient (Wildman–Crippen LogP) is 2.91. The van der Waals surface area contributed by atoms with Crippen LogP contribution in [0.4, 0.5) is 5.82 Å². The van der Waals surface area contributed by atoms with Gasteiger partial charge in [-0.1, -0.05) is 18.2 Å². The molecular weight excluding hydrogens is 330 g/mol. The standard InChI is InChI=1S/C20H25N3O3/c24-20(25)18-4-3-5-19(22-18)21-11-10-16-6-8-17(9-7-16)26-15-14-23-12-1-2-13-23/h3-9H,1-2,10-15H2,(H,21,22)(H,24,25). The van der Waals surface area contributed by atoms with E-state index in [2.05, 4.69) is 27.3 Å². The number of anilines is 1. The number of aromatic carboxylic acids is 1. The molecule has 0 radical (unpaired) electrons. The van der Waals surface area contributed by atoms with Gasteiger partial charge >= 0.3 is 5.97 Å². The minimum atomic E-state index is -1.02. The van der Waals surface area contributed by atoms with E-state index in [-0.39, 0.29) is 5.69 Å². The average Bonchev–Trinajstić information content (AvgIpc) is 3.17. The molecule has 0 amide bonds. The van der Waals surface area contributed by atoms with Gasteiger partial charge in [0, 0.05) is 13.1 Å². The van der Waals surface area contributed by atoms with Crippen LogP contribution in [0, 0.1) is 0 Å². The van der Waals surface area contributed by atoms with Crippen LogP contribution >= 0.6 is 0 Å². The van der Waals surface area contributed by atoms with Crippen molar-refractivity contribution < 1.29 is 14.6 Å². The fraction of sp³-hybridized carbons (Fsp3) is 0.400. The summed E-state index contributed by atoms with van der Waals surface area (Å²) >= 11 is 0. The van der Waals surface area contributed by atoms with E-state index < -0.39 is 5.97 Å². The van der Waals surface area contributed by atoms with Gasteiger partial charge in [0.25, 0.3) is 0 Å². The van der Waals surface area contributed by atoms with E-state index in [1.165, 1.54) is 37.6 Å². The van der Waals surface area contributed by atoms with E-state index >= 15 is 0 Å². The molecule has 6 heteroatoms. The van der Waals surface area contributed by atoms with Gasteiger partial charge in [0.2, 0.25) is 0 Å². The number of benzene rings is 1. The third kappa shape index (κ3) is 5.46. The van der Waals surface area contributed by atoms with Gasteiger partial charge in [0.1, 0.15) is 18.2 Å². The van der Waals surface area contributed by atoms with Crippen molar-refractivity contribution >= 4 is 11.8 Å². The summed E-state index contributed by atoms with van der Waals surface area (Å²) in [5.74, 6) is 0.456. The molecule has 138 valence electrons. The first-order valence-corrected chi connectivity index (χ1v) is 9.09. The van der Waals surface area contributed by atoms with Gasteiger partial charge in [-0.05, 0) is 62.2 Å². The molecule has 1 aromatic carbocycles. The van der Waals surface area contributed by atoms with Crippen LogP contribution in [0.1, 0.15) is 28.9 Å². The molecule has 0 bridgehead atoms. The second-order valence-corrected chi connectivity index (χ2v) is 6.43. The minimum absolute atomic E-state index is 0.0467. The van der Waals surface area contributed by atoms with Crippen molar-refractivity contribution in [1.82, 2.24) is 9.88 Å². The Hall–Kier alpha value is -2.60. The Balaban J connectivity index is 1.39. The number of pyridine rings is 1. The van der Waals surface area contributed by atoms with Crippen LogP contribution in [0.2, 0.25) is 0 Å². The molecule has 2 aromatic rings. The number of hydrogen-bond acceptors (Lipinski definition) is 5. The number of hydrogen-bond donors (Lipinski definition) is 2. The Morgan fingerprint density at radius 2 is 1.92 bits per heavy atom. The van der Waals surface area contributed by atoms with Gasteiger partial charge in [0.15, 0.2) is 5.69 Å². The molecule has 0 atom stereocenters. The molecule has 3 rings (SSSR count). The molecular formula is C20H25N3O3. The van der Waals surface area contributed by atoms with Gasteiger partial charge in [-0.15, -0.1) is 0 Å². The highest BCUT2D eigenvalue weighted by Gasteiger charge is 2.10. The van der Waals surface area contributed by atoms with Crippen LogP contribution in [0.25, 0.3) is 0 Å². The number of aromatic nitrogens is 1. The summed E-state index contributed by atoms with van der Waals surface area (Å²) in [6, 6.07) is 13.1. The first-order chi connectivity index (χ1) is 12.7. The zero-order valence-electron chi connectivity index (χ0n) is 14.9. The highest BCUT2D eigenvalue weighted by molar-refractivity contribution is 5.85. The Morgan fingerprint density at radius 3 is 2.65 bits per heavy atom. The summed E-state index contributed by atoms with van der Waals surface area (Å²) in [6.45, 7) is 4.80. The lowest BCUT2D eigenvalue weighted by Gasteiger charge is -2.15. The van der Waals surface area contributed by atoms with Gasteiger partial charge < -0.3 is 15.2 Å². The third-order valence-electron chi connectivity index (χ3n) is 4.49. The smallest absolute Gasteiger partial charge is 0.354 e. The van der Waals surface area contributed by atoms with Crippen LogP contribution in [-0.4, -0.2) is 53.7 Å². The molecule has 0 aliphatic carbocycles. The van der Waals surface area contributed by atoms with E-state index in [1.54, 1.807) is 12.1 Å². The molecule has 6 nitrogen and oxygen atoms in total. The fourth-order valence-electron chi connectivity index (χ4n) is 3.04. The Kier molecular flexibility index (Phi) is 6.44. The minimum Gasteiger partial charge on any atom is -0.492 e. The number of carboxylic acids is 1. The molecule has 2 N–H and O–H groups in total. The summed E-state index contributed by atoms with van der Waals surface area (Å²) in [4.78, 5) is 17.4. The van der Waals surface area contributed by atoms with Gasteiger partial charge in [0.05, 0.1) is 0 Å². The number of nitrogens with zero attached hydrogens (tertiary/aromatic N) is 2. The van der Waals surface area contributed by atoms with Crippen LogP contribution in [0.3, 0.4) is 0 Å². The van der Waals surface area contributed by atoms with Gasteiger partial charge in [-0.25, -0.2) is 9.78 Å². The van der Waals surface area contributed by atoms with Gasteiger partial charge in [-0.2, -0.15) is 0 Å². The van der Waals surface area contributed by atoms with Crippen LogP contribution in [0.15, 0.2) is 42.5 Å². The number of likely N-dealkylation sites (tertiary alicyclic amines) is 1. The number of nitrogens with one attached hydrogen (secondary N) is 1. The Bertz CT molecular complexity index is 712. The highest BCUT2D eigenvalue weighted by Crippen LogP contribution is 2.14. The molecule has 0 saturated carbocycles. The predicted molar refractivity (Wildman–Crippen MR) is 101 cm³/mol. The highest BCUT2D eigenvalue weighted by atomic mass is 16.5. The summed E-state index contributed by atoms with van der Waals surface area (Å²) < 4.78 is 5.81. The third-order valence-corrected chi connectivity index (χ3v) is 4.49. The SMILES string of the molecule is O=C(O)c1cccc(NCCc2ccc(OCCN3CCCC3)cc2)n1. The number of rotatable bonds is 9. The second-order valence-electron chi connectivity index (χ2n) is 6.43. The Morgan fingerprint density at radius 1 is 1.15 bits per heavy atom. The first kappa shape index (κ1) is 18.2. The molecule has 0 spiro atoms. The maximum Gasteiger partial charge on any atom is 0.354 e. The van der Waals surface area contributed by atoms with Crippen molar-refractivity contribution in [3.8, 4) is 5.75 Å². The monoisotopic (exact) mass is 355 g/mol. The molecule has 0 unspecified atom stereocenters. The van der Waals surface area contributed by atoms with Crippen LogP contribution in [-0.2, 0) is 6.42 Å². The number of ether oxygens (including phenoxy) is 1. The quantitative estimate of drug-likeness (QED) is 0.720. The van der Waals surface area contributed by atoms with Crippen LogP contribution < -0.4 is 10.1 Å². The lowest BCUT2D eigenvalue weighted by molar-refractivity contribution is 0.0690. The molecule has 26 heavy (non-hydrogen) atoms. The Labute approximate surface area is 153 Å². The van der Waals surface area contributed by atoms with E-state index in [1.807, 2.05) is 12.1 Å². The van der Waals surface area contributed by atoms with Crippen molar-refractivity contribution in [1.29, 1.82) is 0 Å². The zero-order chi connectivity index (χ0) is 18.2. The lowest BCUT2D eigenvalue weighted by Crippen LogP contribution is -2.25. The van der Waals surface area contributed by atoms with Crippen molar-refractivity contribution in [3.05, 3.63) is 53.7 Å². The fourth-order valence-corrected chi connectivity index (χ4v) is 3.04. The van der Waals surface area contributed by atoms with Crippen molar-refractivity contribution in [2.75, 3.05) is 38.1 Å². The van der Waals surface area contributed by atoms with Crippen molar-refractivity contribution in [2.45, 2.75) is 19.3 Å². The number of carboxylic acid groups (broad SMARTS) is 1. The maximum atomic E-state index is 10.9. The molecule has 1 aromatic heterocycles. The van der Waals surface area contributed by atoms with E-state index in [9.17, 15) is 4.79 Å².